The summed E-state index contributed by atoms with van der Waals surface area (Å²) in [7, 11) is 0. The van der Waals surface area contributed by atoms with Gasteiger partial charge in [-0.2, -0.15) is 0 Å². The Morgan fingerprint density at radius 1 is 1.19 bits per heavy atom. The number of aromatic amines is 1. The van der Waals surface area contributed by atoms with Gasteiger partial charge in [0.2, 0.25) is 5.91 Å². The van der Waals surface area contributed by atoms with Gasteiger partial charge in [-0.15, -0.1) is 0 Å². The van der Waals surface area contributed by atoms with Crippen LogP contribution in [0.25, 0.3) is 10.9 Å². The van der Waals surface area contributed by atoms with E-state index < -0.39 is 0 Å². The van der Waals surface area contributed by atoms with Crippen LogP contribution < -0.4 is 0 Å². The summed E-state index contributed by atoms with van der Waals surface area (Å²) in [6.45, 7) is 5.54. The van der Waals surface area contributed by atoms with Gasteiger partial charge in [-0.3, -0.25) is 4.79 Å². The Balaban J connectivity index is 1.34. The maximum Gasteiger partial charge on any atom is 0.233 e. The van der Waals surface area contributed by atoms with E-state index in [2.05, 4.69) is 45.4 Å². The number of aryl methyl sites for hydroxylation is 2. The minimum atomic E-state index is 0.181. The van der Waals surface area contributed by atoms with Crippen LogP contribution in [0.2, 0.25) is 0 Å². The average molecular weight is 381 g/mol. The normalized spacial score (nSPS) is 15.4. The van der Waals surface area contributed by atoms with Gasteiger partial charge in [0.05, 0.1) is 5.75 Å². The molecule has 0 aliphatic carbocycles. The highest BCUT2D eigenvalue weighted by Crippen LogP contribution is 2.33. The van der Waals surface area contributed by atoms with Crippen molar-refractivity contribution in [1.29, 1.82) is 0 Å². The number of para-hydroxylation sites is 1. The van der Waals surface area contributed by atoms with Crippen molar-refractivity contribution < 1.29 is 4.79 Å². The number of rotatable bonds is 4. The predicted octanol–water partition coefficient (Wildman–Crippen LogP) is 4.07. The molecular weight excluding hydrogens is 356 g/mol. The third kappa shape index (κ3) is 4.00. The Morgan fingerprint density at radius 3 is 2.63 bits per heavy atom. The number of piperidine rings is 1. The molecule has 5 nitrogen and oxygen atoms in total. The summed E-state index contributed by atoms with van der Waals surface area (Å²) in [6.07, 6.45) is 4.16. The predicted molar refractivity (Wildman–Crippen MR) is 109 cm³/mol. The van der Waals surface area contributed by atoms with Gasteiger partial charge in [-0.1, -0.05) is 30.0 Å². The number of aromatic nitrogens is 3. The largest absolute Gasteiger partial charge is 0.361 e. The van der Waals surface area contributed by atoms with Gasteiger partial charge in [0, 0.05) is 41.6 Å². The highest BCUT2D eigenvalue weighted by atomic mass is 32.2. The molecule has 1 aromatic carbocycles. The fraction of sp³-hybridized carbons (Fsp3) is 0.381. The molecule has 0 bridgehead atoms. The minimum absolute atomic E-state index is 0.181. The number of hydrogen-bond acceptors (Lipinski definition) is 4. The number of H-pyrrole nitrogens is 1. The fourth-order valence-electron chi connectivity index (χ4n) is 3.85. The third-order valence-corrected chi connectivity index (χ3v) is 6.03. The number of likely N-dealkylation sites (tertiary alicyclic amines) is 1. The van der Waals surface area contributed by atoms with Crippen LogP contribution in [0.1, 0.15) is 35.7 Å². The zero-order valence-corrected chi connectivity index (χ0v) is 16.6. The highest BCUT2D eigenvalue weighted by Gasteiger charge is 2.25. The molecule has 0 unspecified atom stereocenters. The van der Waals surface area contributed by atoms with Gasteiger partial charge in [-0.05, 0) is 50.3 Å². The number of nitrogens with one attached hydrogen (secondary N) is 1. The number of benzene rings is 1. The molecule has 0 radical (unpaired) electrons. The maximum absolute atomic E-state index is 12.6. The van der Waals surface area contributed by atoms with Crippen molar-refractivity contribution in [2.75, 3.05) is 18.8 Å². The number of carbonyl (C=O) groups is 1. The molecule has 0 spiro atoms. The highest BCUT2D eigenvalue weighted by molar-refractivity contribution is 7.99. The molecule has 0 atom stereocenters. The molecule has 0 saturated carbocycles. The van der Waals surface area contributed by atoms with E-state index in [-0.39, 0.29) is 5.91 Å². The Kier molecular flexibility index (Phi) is 5.16. The zero-order valence-electron chi connectivity index (χ0n) is 15.7. The first-order chi connectivity index (χ1) is 13.1. The van der Waals surface area contributed by atoms with Crippen LogP contribution in [0, 0.1) is 13.8 Å². The molecule has 1 saturated heterocycles. The van der Waals surface area contributed by atoms with Crippen LogP contribution in [-0.4, -0.2) is 44.6 Å². The van der Waals surface area contributed by atoms with Crippen LogP contribution >= 0.6 is 11.8 Å². The van der Waals surface area contributed by atoms with Crippen LogP contribution in [-0.2, 0) is 4.79 Å². The average Bonchev–Trinajstić information content (AvgIpc) is 3.10. The molecule has 2 aromatic heterocycles. The SMILES string of the molecule is Cc1cc(C)nc(SCC(=O)N2CCC(c3c[nH]c4ccccc34)CC2)n1. The molecule has 1 N–H and O–H groups in total. The topological polar surface area (TPSA) is 61.9 Å². The van der Waals surface area contributed by atoms with Crippen molar-refractivity contribution in [2.45, 2.75) is 37.8 Å². The molecular formula is C21H24N4OS. The summed E-state index contributed by atoms with van der Waals surface area (Å²) in [5, 5.41) is 2.00. The van der Waals surface area contributed by atoms with Gasteiger partial charge >= 0.3 is 0 Å². The number of thioether (sulfide) groups is 1. The van der Waals surface area contributed by atoms with Gasteiger partial charge in [0.15, 0.2) is 5.16 Å². The fourth-order valence-corrected chi connectivity index (χ4v) is 4.70. The molecule has 140 valence electrons. The number of nitrogens with zero attached hydrogens (tertiary/aromatic N) is 3. The van der Waals surface area contributed by atoms with Crippen molar-refractivity contribution in [3.63, 3.8) is 0 Å². The Morgan fingerprint density at radius 2 is 1.89 bits per heavy atom. The van der Waals surface area contributed by atoms with E-state index in [1.54, 1.807) is 0 Å². The van der Waals surface area contributed by atoms with Crippen LogP contribution in [0.15, 0.2) is 41.7 Å². The smallest absolute Gasteiger partial charge is 0.233 e. The van der Waals surface area contributed by atoms with Crippen molar-refractivity contribution in [3.05, 3.63) is 53.5 Å². The van der Waals surface area contributed by atoms with Crippen LogP contribution in [0.3, 0.4) is 0 Å². The molecule has 6 heteroatoms. The van der Waals surface area contributed by atoms with Crippen LogP contribution in [0.4, 0.5) is 0 Å². The zero-order chi connectivity index (χ0) is 18.8. The lowest BCUT2D eigenvalue weighted by Gasteiger charge is -2.32. The lowest BCUT2D eigenvalue weighted by molar-refractivity contribution is -0.129. The van der Waals surface area contributed by atoms with E-state index in [4.69, 9.17) is 0 Å². The van der Waals surface area contributed by atoms with E-state index in [1.165, 1.54) is 28.2 Å². The second-order valence-electron chi connectivity index (χ2n) is 7.17. The second kappa shape index (κ2) is 7.72. The van der Waals surface area contributed by atoms with Crippen molar-refractivity contribution in [1.82, 2.24) is 19.9 Å². The maximum atomic E-state index is 12.6. The summed E-state index contributed by atoms with van der Waals surface area (Å²) in [6, 6.07) is 10.4. The number of carbonyl (C=O) groups excluding carboxylic acids is 1. The standard InChI is InChI=1S/C21H24N4OS/c1-14-11-15(2)24-21(23-14)27-13-20(26)25-9-7-16(8-10-25)18-12-22-19-6-4-3-5-17(18)19/h3-6,11-12,16,22H,7-10,13H2,1-2H3. The van der Waals surface area contributed by atoms with Gasteiger partial charge in [-0.25, -0.2) is 9.97 Å². The first-order valence-corrected chi connectivity index (χ1v) is 10.4. The molecule has 1 aliphatic rings. The molecule has 1 fully saturated rings. The van der Waals surface area contributed by atoms with E-state index in [0.29, 0.717) is 16.8 Å². The van der Waals surface area contributed by atoms with Gasteiger partial charge in [0.25, 0.3) is 0 Å². The van der Waals surface area contributed by atoms with E-state index in [9.17, 15) is 4.79 Å². The first-order valence-electron chi connectivity index (χ1n) is 9.39. The van der Waals surface area contributed by atoms with Crippen LogP contribution in [0.5, 0.6) is 0 Å². The van der Waals surface area contributed by atoms with E-state index in [0.717, 1.165) is 37.3 Å². The summed E-state index contributed by atoms with van der Waals surface area (Å²) in [4.78, 5) is 26.8. The molecule has 27 heavy (non-hydrogen) atoms. The second-order valence-corrected chi connectivity index (χ2v) is 8.11. The summed E-state index contributed by atoms with van der Waals surface area (Å²) >= 11 is 1.43. The lowest BCUT2D eigenvalue weighted by Crippen LogP contribution is -2.38. The van der Waals surface area contributed by atoms with E-state index in [1.807, 2.05) is 24.8 Å². The Labute approximate surface area is 163 Å². The summed E-state index contributed by atoms with van der Waals surface area (Å²) in [5.41, 5.74) is 4.46. The summed E-state index contributed by atoms with van der Waals surface area (Å²) in [5.74, 6) is 1.10. The molecule has 1 amide bonds. The minimum Gasteiger partial charge on any atom is -0.361 e. The van der Waals surface area contributed by atoms with Crippen molar-refractivity contribution in [2.24, 2.45) is 0 Å². The number of fused-ring (bicyclic) bond motifs is 1. The molecule has 4 rings (SSSR count). The van der Waals surface area contributed by atoms with Gasteiger partial charge in [0.1, 0.15) is 0 Å². The quantitative estimate of drug-likeness (QED) is 0.547. The first kappa shape index (κ1) is 18.0. The monoisotopic (exact) mass is 380 g/mol. The number of amides is 1. The van der Waals surface area contributed by atoms with Crippen molar-refractivity contribution >= 4 is 28.6 Å². The Hall–Kier alpha value is -2.34. The lowest BCUT2D eigenvalue weighted by atomic mass is 9.89. The summed E-state index contributed by atoms with van der Waals surface area (Å²) < 4.78 is 0. The Bertz CT molecular complexity index is 939. The van der Waals surface area contributed by atoms with E-state index >= 15 is 0 Å². The number of hydrogen-bond donors (Lipinski definition) is 1. The van der Waals surface area contributed by atoms with Crippen molar-refractivity contribution in [3.8, 4) is 0 Å². The van der Waals surface area contributed by atoms with Gasteiger partial charge < -0.3 is 9.88 Å². The molecule has 3 aromatic rings. The molecule has 1 aliphatic heterocycles. The third-order valence-electron chi connectivity index (χ3n) is 5.20. The molecule has 3 heterocycles.